The zero-order chi connectivity index (χ0) is 10.6. The number of aliphatic hydroxyl groups is 1. The van der Waals surface area contributed by atoms with E-state index >= 15 is 0 Å². The van der Waals surface area contributed by atoms with Crippen molar-refractivity contribution in [3.8, 4) is 0 Å². The van der Waals surface area contributed by atoms with Gasteiger partial charge in [-0.2, -0.15) is 0 Å². The van der Waals surface area contributed by atoms with E-state index in [0.717, 1.165) is 17.9 Å². The highest BCUT2D eigenvalue weighted by molar-refractivity contribution is 5.36. The lowest BCUT2D eigenvalue weighted by atomic mass is 10.3. The molecule has 76 valence electrons. The van der Waals surface area contributed by atoms with Crippen LogP contribution in [0.25, 0.3) is 0 Å². The smallest absolute Gasteiger partial charge is 0.147 e. The largest absolute Gasteiger partial charge is 0.390 e. The molecule has 0 bridgehead atoms. The Morgan fingerprint density at radius 3 is 2.86 bits per heavy atom. The van der Waals surface area contributed by atoms with E-state index in [0.29, 0.717) is 5.69 Å². The van der Waals surface area contributed by atoms with Crippen LogP contribution in [0.2, 0.25) is 0 Å². The second kappa shape index (κ2) is 4.72. The molecule has 1 heterocycles. The molecular weight excluding hydrogens is 178 g/mol. The topological polar surface area (TPSA) is 49.2 Å². The third-order valence-corrected chi connectivity index (χ3v) is 1.73. The van der Waals surface area contributed by atoms with Gasteiger partial charge in [-0.15, -0.1) is 0 Å². The van der Waals surface area contributed by atoms with Crippen LogP contribution in [0.15, 0.2) is 24.5 Å². The maximum absolute atomic E-state index is 8.89. The van der Waals surface area contributed by atoms with Gasteiger partial charge in [0, 0.05) is 13.6 Å². The summed E-state index contributed by atoms with van der Waals surface area (Å²) in [6.45, 7) is 6.44. The Morgan fingerprint density at radius 2 is 2.29 bits per heavy atom. The van der Waals surface area contributed by atoms with Gasteiger partial charge in [0.05, 0.1) is 24.7 Å². The summed E-state index contributed by atoms with van der Waals surface area (Å²) in [6, 6.07) is 0. The van der Waals surface area contributed by atoms with Gasteiger partial charge in [-0.1, -0.05) is 12.2 Å². The van der Waals surface area contributed by atoms with Crippen molar-refractivity contribution in [1.82, 2.24) is 9.97 Å². The number of anilines is 1. The maximum Gasteiger partial charge on any atom is 0.147 e. The van der Waals surface area contributed by atoms with Gasteiger partial charge in [-0.25, -0.2) is 4.98 Å². The molecule has 0 amide bonds. The number of hydrogen-bond donors (Lipinski definition) is 1. The van der Waals surface area contributed by atoms with Gasteiger partial charge in [-0.3, -0.25) is 4.98 Å². The van der Waals surface area contributed by atoms with Crippen LogP contribution in [0, 0.1) is 0 Å². The molecule has 0 fully saturated rings. The number of nitrogens with zero attached hydrogens (tertiary/aromatic N) is 3. The van der Waals surface area contributed by atoms with Crippen LogP contribution in [-0.2, 0) is 6.61 Å². The van der Waals surface area contributed by atoms with Gasteiger partial charge in [0.1, 0.15) is 5.82 Å². The molecular formula is C10H15N3O. The highest BCUT2D eigenvalue weighted by atomic mass is 16.3. The van der Waals surface area contributed by atoms with Crippen LogP contribution >= 0.6 is 0 Å². The maximum atomic E-state index is 8.89. The van der Waals surface area contributed by atoms with Crippen LogP contribution in [-0.4, -0.2) is 28.7 Å². The van der Waals surface area contributed by atoms with Crippen molar-refractivity contribution in [3.63, 3.8) is 0 Å². The second-order valence-corrected chi connectivity index (χ2v) is 3.34. The third-order valence-electron chi connectivity index (χ3n) is 1.73. The van der Waals surface area contributed by atoms with E-state index in [1.165, 1.54) is 0 Å². The SMILES string of the molecule is C=C(C)CN(C)c1cncc(CO)n1. The average Bonchev–Trinajstić information content (AvgIpc) is 2.17. The van der Waals surface area contributed by atoms with Crippen LogP contribution in [0.1, 0.15) is 12.6 Å². The molecule has 0 aliphatic rings. The zero-order valence-corrected chi connectivity index (χ0v) is 8.56. The van der Waals surface area contributed by atoms with Gasteiger partial charge in [0.15, 0.2) is 0 Å². The van der Waals surface area contributed by atoms with E-state index in [2.05, 4.69) is 16.5 Å². The van der Waals surface area contributed by atoms with Crippen LogP contribution in [0.4, 0.5) is 5.82 Å². The Kier molecular flexibility index (Phi) is 3.59. The van der Waals surface area contributed by atoms with Gasteiger partial charge in [0.2, 0.25) is 0 Å². The fourth-order valence-corrected chi connectivity index (χ4v) is 1.14. The summed E-state index contributed by atoms with van der Waals surface area (Å²) in [6.07, 6.45) is 3.22. The van der Waals surface area contributed by atoms with Crippen molar-refractivity contribution in [2.75, 3.05) is 18.5 Å². The van der Waals surface area contributed by atoms with Crippen molar-refractivity contribution >= 4 is 5.82 Å². The minimum Gasteiger partial charge on any atom is -0.390 e. The molecule has 0 aliphatic carbocycles. The van der Waals surface area contributed by atoms with E-state index in [-0.39, 0.29) is 6.61 Å². The van der Waals surface area contributed by atoms with E-state index < -0.39 is 0 Å². The van der Waals surface area contributed by atoms with E-state index in [9.17, 15) is 0 Å². The average molecular weight is 193 g/mol. The van der Waals surface area contributed by atoms with Crippen molar-refractivity contribution in [1.29, 1.82) is 0 Å². The first-order valence-electron chi connectivity index (χ1n) is 4.40. The molecule has 4 heteroatoms. The number of likely N-dealkylation sites (N-methyl/N-ethyl adjacent to an activating group) is 1. The molecule has 0 aromatic carbocycles. The Morgan fingerprint density at radius 1 is 1.57 bits per heavy atom. The zero-order valence-electron chi connectivity index (χ0n) is 8.56. The highest BCUT2D eigenvalue weighted by Crippen LogP contribution is 2.08. The summed E-state index contributed by atoms with van der Waals surface area (Å²) < 4.78 is 0. The minimum absolute atomic E-state index is 0.0816. The molecule has 0 aliphatic heterocycles. The molecule has 1 aromatic rings. The quantitative estimate of drug-likeness (QED) is 0.724. The normalized spacial score (nSPS) is 9.93. The third kappa shape index (κ3) is 2.81. The van der Waals surface area contributed by atoms with Crippen LogP contribution in [0.5, 0.6) is 0 Å². The Hall–Kier alpha value is -1.42. The lowest BCUT2D eigenvalue weighted by Gasteiger charge is -2.17. The molecule has 0 unspecified atom stereocenters. The van der Waals surface area contributed by atoms with Crippen molar-refractivity contribution in [3.05, 3.63) is 30.2 Å². The molecule has 0 spiro atoms. The highest BCUT2D eigenvalue weighted by Gasteiger charge is 2.03. The van der Waals surface area contributed by atoms with Gasteiger partial charge in [0.25, 0.3) is 0 Å². The lowest BCUT2D eigenvalue weighted by molar-refractivity contribution is 0.276. The molecule has 0 saturated heterocycles. The fraction of sp³-hybridized carbons (Fsp3) is 0.400. The summed E-state index contributed by atoms with van der Waals surface area (Å²) in [7, 11) is 1.92. The molecule has 1 N–H and O–H groups in total. The number of hydrogen-bond acceptors (Lipinski definition) is 4. The van der Waals surface area contributed by atoms with Crippen molar-refractivity contribution in [2.45, 2.75) is 13.5 Å². The van der Waals surface area contributed by atoms with Crippen molar-refractivity contribution in [2.24, 2.45) is 0 Å². The summed E-state index contributed by atoms with van der Waals surface area (Å²) in [5.74, 6) is 0.750. The first kappa shape index (κ1) is 10.7. The lowest BCUT2D eigenvalue weighted by Crippen LogP contribution is -2.20. The summed E-state index contributed by atoms with van der Waals surface area (Å²) in [5.41, 5.74) is 1.64. The van der Waals surface area contributed by atoms with Gasteiger partial charge >= 0.3 is 0 Å². The van der Waals surface area contributed by atoms with E-state index in [1.54, 1.807) is 12.4 Å². The Bertz CT molecular complexity index is 325. The molecule has 14 heavy (non-hydrogen) atoms. The molecule has 4 nitrogen and oxygen atoms in total. The molecule has 0 atom stereocenters. The molecule has 1 rings (SSSR count). The minimum atomic E-state index is -0.0816. The molecule has 1 aromatic heterocycles. The second-order valence-electron chi connectivity index (χ2n) is 3.34. The molecule has 0 saturated carbocycles. The Balaban J connectivity index is 2.78. The van der Waals surface area contributed by atoms with Crippen LogP contribution in [0.3, 0.4) is 0 Å². The van der Waals surface area contributed by atoms with E-state index in [4.69, 9.17) is 5.11 Å². The monoisotopic (exact) mass is 193 g/mol. The first-order valence-corrected chi connectivity index (χ1v) is 4.40. The summed E-state index contributed by atoms with van der Waals surface area (Å²) >= 11 is 0. The Labute approximate surface area is 83.9 Å². The van der Waals surface area contributed by atoms with Gasteiger partial charge < -0.3 is 10.0 Å². The number of aromatic nitrogens is 2. The van der Waals surface area contributed by atoms with Crippen molar-refractivity contribution < 1.29 is 5.11 Å². The fourth-order valence-electron chi connectivity index (χ4n) is 1.14. The number of aliphatic hydroxyl groups excluding tert-OH is 1. The van der Waals surface area contributed by atoms with E-state index in [1.807, 2.05) is 18.9 Å². The first-order chi connectivity index (χ1) is 6.63. The predicted octanol–water partition coefficient (Wildman–Crippen LogP) is 0.981. The number of rotatable bonds is 4. The summed E-state index contributed by atoms with van der Waals surface area (Å²) in [4.78, 5) is 10.1. The standard InChI is InChI=1S/C10H15N3O/c1-8(2)6-13(3)10-5-11-4-9(7-14)12-10/h4-5,14H,1,6-7H2,2-3H3. The predicted molar refractivity (Wildman–Crippen MR) is 56.0 cm³/mol. The van der Waals surface area contributed by atoms with Gasteiger partial charge in [-0.05, 0) is 6.92 Å². The van der Waals surface area contributed by atoms with Crippen LogP contribution < -0.4 is 4.90 Å². The molecule has 0 radical (unpaired) electrons. The summed E-state index contributed by atoms with van der Waals surface area (Å²) in [5, 5.41) is 8.89.